The molecule has 1 amide bonds. The van der Waals surface area contributed by atoms with Crippen LogP contribution < -0.4 is 0 Å². The van der Waals surface area contributed by atoms with Gasteiger partial charge in [0.1, 0.15) is 0 Å². The van der Waals surface area contributed by atoms with Gasteiger partial charge in [0, 0.05) is 29.4 Å². The summed E-state index contributed by atoms with van der Waals surface area (Å²) in [5, 5.41) is 10.4. The lowest BCUT2D eigenvalue weighted by molar-refractivity contribution is -0.131. The molecule has 1 aromatic rings. The number of carboxylic acid groups (broad SMARTS) is 1. The SMILES string of the molecule is CC(C)C1CCN(C(=O)c2csc(/C=C/C(=O)O)c2)C1. The van der Waals surface area contributed by atoms with Crippen LogP contribution in [0, 0.1) is 11.8 Å². The molecule has 1 N–H and O–H groups in total. The summed E-state index contributed by atoms with van der Waals surface area (Å²) in [6.45, 7) is 6.03. The maximum Gasteiger partial charge on any atom is 0.328 e. The number of nitrogens with zero attached hydrogens (tertiary/aromatic N) is 1. The van der Waals surface area contributed by atoms with E-state index in [0.717, 1.165) is 30.5 Å². The fourth-order valence-corrected chi connectivity index (χ4v) is 3.18. The van der Waals surface area contributed by atoms with E-state index in [-0.39, 0.29) is 5.91 Å². The normalized spacial score (nSPS) is 19.1. The Bertz CT molecular complexity index is 533. The van der Waals surface area contributed by atoms with Gasteiger partial charge in [0.05, 0.1) is 5.56 Å². The lowest BCUT2D eigenvalue weighted by Crippen LogP contribution is -2.29. The summed E-state index contributed by atoms with van der Waals surface area (Å²) in [5.74, 6) is 0.262. The predicted octanol–water partition coefficient (Wildman–Crippen LogP) is 2.96. The molecule has 2 heterocycles. The van der Waals surface area contributed by atoms with Gasteiger partial charge in [-0.25, -0.2) is 4.79 Å². The van der Waals surface area contributed by atoms with Crippen molar-refractivity contribution in [3.05, 3.63) is 28.0 Å². The summed E-state index contributed by atoms with van der Waals surface area (Å²) in [6.07, 6.45) is 3.68. The maximum atomic E-state index is 12.4. The zero-order chi connectivity index (χ0) is 14.7. The zero-order valence-corrected chi connectivity index (χ0v) is 12.5. The number of hydrogen-bond acceptors (Lipinski definition) is 3. The second kappa shape index (κ2) is 6.22. The van der Waals surface area contributed by atoms with Crippen LogP contribution in [-0.4, -0.2) is 35.0 Å². The Hall–Kier alpha value is -1.62. The summed E-state index contributed by atoms with van der Waals surface area (Å²) in [6, 6.07) is 1.76. The number of thiophene rings is 1. The number of carbonyl (C=O) groups is 2. The fourth-order valence-electron chi connectivity index (χ4n) is 2.40. The molecule has 4 nitrogen and oxygen atoms in total. The summed E-state index contributed by atoms with van der Waals surface area (Å²) in [5.41, 5.74) is 0.657. The molecular weight excluding hydrogens is 274 g/mol. The molecule has 0 aliphatic carbocycles. The van der Waals surface area contributed by atoms with Crippen LogP contribution in [0.1, 0.15) is 35.5 Å². The summed E-state index contributed by atoms with van der Waals surface area (Å²) >= 11 is 1.39. The first-order valence-electron chi connectivity index (χ1n) is 6.76. The second-order valence-corrected chi connectivity index (χ2v) is 6.40. The van der Waals surface area contributed by atoms with Gasteiger partial charge in [0.25, 0.3) is 5.91 Å². The monoisotopic (exact) mass is 293 g/mol. The molecular formula is C15H19NO3S. The quantitative estimate of drug-likeness (QED) is 0.868. The van der Waals surface area contributed by atoms with Crippen molar-refractivity contribution in [3.8, 4) is 0 Å². The van der Waals surface area contributed by atoms with Gasteiger partial charge in [-0.05, 0) is 30.4 Å². The van der Waals surface area contributed by atoms with Crippen molar-refractivity contribution in [3.63, 3.8) is 0 Å². The van der Waals surface area contributed by atoms with Crippen molar-refractivity contribution < 1.29 is 14.7 Å². The van der Waals surface area contributed by atoms with Gasteiger partial charge in [0.2, 0.25) is 0 Å². The highest BCUT2D eigenvalue weighted by molar-refractivity contribution is 7.11. The smallest absolute Gasteiger partial charge is 0.328 e. The number of hydrogen-bond donors (Lipinski definition) is 1. The third kappa shape index (κ3) is 3.48. The third-order valence-corrected chi connectivity index (χ3v) is 4.61. The van der Waals surface area contributed by atoms with E-state index in [1.165, 1.54) is 17.4 Å². The zero-order valence-electron chi connectivity index (χ0n) is 11.7. The standard InChI is InChI=1S/C15H19NO3S/c1-10(2)11-5-6-16(8-11)15(19)12-7-13(20-9-12)3-4-14(17)18/h3-4,7,9-11H,5-6,8H2,1-2H3,(H,17,18)/b4-3+. The fraction of sp³-hybridized carbons (Fsp3) is 0.467. The highest BCUT2D eigenvalue weighted by atomic mass is 32.1. The summed E-state index contributed by atoms with van der Waals surface area (Å²) in [4.78, 5) is 25.5. The van der Waals surface area contributed by atoms with Crippen LogP contribution in [0.25, 0.3) is 6.08 Å². The topological polar surface area (TPSA) is 57.6 Å². The molecule has 2 rings (SSSR count). The minimum absolute atomic E-state index is 0.0550. The van der Waals surface area contributed by atoms with Crippen LogP contribution in [0.4, 0.5) is 0 Å². The molecule has 20 heavy (non-hydrogen) atoms. The van der Waals surface area contributed by atoms with Crippen molar-refractivity contribution in [1.29, 1.82) is 0 Å². The molecule has 1 saturated heterocycles. The molecule has 1 unspecified atom stereocenters. The molecule has 0 saturated carbocycles. The Labute approximate surface area is 122 Å². The molecule has 0 radical (unpaired) electrons. The van der Waals surface area contributed by atoms with Crippen LogP contribution in [-0.2, 0) is 4.79 Å². The highest BCUT2D eigenvalue weighted by Crippen LogP contribution is 2.26. The van der Waals surface area contributed by atoms with Crippen molar-refractivity contribution in [2.45, 2.75) is 20.3 Å². The van der Waals surface area contributed by atoms with Gasteiger partial charge < -0.3 is 10.0 Å². The van der Waals surface area contributed by atoms with Gasteiger partial charge in [-0.15, -0.1) is 11.3 Å². The van der Waals surface area contributed by atoms with E-state index in [0.29, 0.717) is 17.4 Å². The Morgan fingerprint density at radius 2 is 2.25 bits per heavy atom. The first-order valence-corrected chi connectivity index (χ1v) is 7.64. The third-order valence-electron chi connectivity index (χ3n) is 3.71. The number of carboxylic acids is 1. The van der Waals surface area contributed by atoms with E-state index in [2.05, 4.69) is 13.8 Å². The van der Waals surface area contributed by atoms with E-state index in [9.17, 15) is 9.59 Å². The minimum atomic E-state index is -0.981. The molecule has 1 aliphatic heterocycles. The van der Waals surface area contributed by atoms with Crippen molar-refractivity contribution >= 4 is 29.3 Å². The van der Waals surface area contributed by atoms with Crippen LogP contribution >= 0.6 is 11.3 Å². The molecule has 1 atom stereocenters. The molecule has 1 aromatic heterocycles. The molecule has 5 heteroatoms. The molecule has 0 aromatic carbocycles. The van der Waals surface area contributed by atoms with Crippen molar-refractivity contribution in [2.24, 2.45) is 11.8 Å². The molecule has 1 aliphatic rings. The Kier molecular flexibility index (Phi) is 4.60. The average molecular weight is 293 g/mol. The molecule has 0 spiro atoms. The maximum absolute atomic E-state index is 12.4. The van der Waals surface area contributed by atoms with Crippen LogP contribution in [0.5, 0.6) is 0 Å². The van der Waals surface area contributed by atoms with E-state index >= 15 is 0 Å². The Morgan fingerprint density at radius 1 is 1.50 bits per heavy atom. The van der Waals surface area contributed by atoms with Crippen LogP contribution in [0.2, 0.25) is 0 Å². The Morgan fingerprint density at radius 3 is 2.85 bits per heavy atom. The summed E-state index contributed by atoms with van der Waals surface area (Å²) < 4.78 is 0. The van der Waals surface area contributed by atoms with E-state index in [1.54, 1.807) is 11.4 Å². The van der Waals surface area contributed by atoms with Crippen LogP contribution in [0.15, 0.2) is 17.5 Å². The average Bonchev–Trinajstić information content (AvgIpc) is 3.05. The predicted molar refractivity (Wildman–Crippen MR) is 79.8 cm³/mol. The van der Waals surface area contributed by atoms with E-state index in [4.69, 9.17) is 5.11 Å². The second-order valence-electron chi connectivity index (χ2n) is 5.45. The van der Waals surface area contributed by atoms with Crippen molar-refractivity contribution in [2.75, 3.05) is 13.1 Å². The number of likely N-dealkylation sites (tertiary alicyclic amines) is 1. The van der Waals surface area contributed by atoms with Gasteiger partial charge in [0.15, 0.2) is 0 Å². The lowest BCUT2D eigenvalue weighted by Gasteiger charge is -2.17. The van der Waals surface area contributed by atoms with Crippen molar-refractivity contribution in [1.82, 2.24) is 4.90 Å². The van der Waals surface area contributed by atoms with Gasteiger partial charge in [-0.2, -0.15) is 0 Å². The molecule has 1 fully saturated rings. The van der Waals surface area contributed by atoms with Crippen LogP contribution in [0.3, 0.4) is 0 Å². The number of rotatable bonds is 4. The number of aliphatic carboxylic acids is 1. The molecule has 0 bridgehead atoms. The highest BCUT2D eigenvalue weighted by Gasteiger charge is 2.28. The first kappa shape index (κ1) is 14.8. The van der Waals surface area contributed by atoms with Gasteiger partial charge >= 0.3 is 5.97 Å². The largest absolute Gasteiger partial charge is 0.478 e. The van der Waals surface area contributed by atoms with E-state index in [1.807, 2.05) is 4.90 Å². The van der Waals surface area contributed by atoms with Gasteiger partial charge in [-0.1, -0.05) is 13.8 Å². The Balaban J connectivity index is 2.02. The first-order chi connectivity index (χ1) is 9.47. The number of carbonyl (C=O) groups excluding carboxylic acids is 1. The molecule has 108 valence electrons. The minimum Gasteiger partial charge on any atom is -0.478 e. The number of amides is 1. The van der Waals surface area contributed by atoms with E-state index < -0.39 is 5.97 Å². The summed E-state index contributed by atoms with van der Waals surface area (Å²) in [7, 11) is 0. The van der Waals surface area contributed by atoms with Gasteiger partial charge in [-0.3, -0.25) is 4.79 Å². The lowest BCUT2D eigenvalue weighted by atomic mass is 9.95.